The van der Waals surface area contributed by atoms with Crippen LogP contribution in [0.5, 0.6) is 0 Å². The van der Waals surface area contributed by atoms with Gasteiger partial charge in [0.1, 0.15) is 0 Å². The summed E-state index contributed by atoms with van der Waals surface area (Å²) in [5.74, 6) is 0.251. The fraction of sp³-hybridized carbons (Fsp3) is 0.929. The molecule has 0 aliphatic rings. The highest BCUT2D eigenvalue weighted by atomic mass is 16.5. The topological polar surface area (TPSA) is 72.5 Å². The molecule has 0 amide bonds. The van der Waals surface area contributed by atoms with Crippen LogP contribution in [-0.2, 0) is 9.53 Å². The molecule has 108 valence electrons. The minimum absolute atomic E-state index is 0.162. The number of carbonyl (C=O) groups is 1. The summed E-state index contributed by atoms with van der Waals surface area (Å²) in [4.78, 5) is 12.1. The zero-order chi connectivity index (χ0) is 14.0. The molecular weight excluding hydrogens is 230 g/mol. The summed E-state index contributed by atoms with van der Waals surface area (Å²) in [7, 11) is 0. The SMILES string of the molecule is CCOC(=O)C(CN)(CCCCCO)CC(C)C. The first-order valence-electron chi connectivity index (χ1n) is 7.00. The highest BCUT2D eigenvalue weighted by Crippen LogP contribution is 2.33. The molecule has 1 atom stereocenters. The molecule has 0 bridgehead atoms. The third-order valence-corrected chi connectivity index (χ3v) is 3.21. The van der Waals surface area contributed by atoms with E-state index >= 15 is 0 Å². The quantitative estimate of drug-likeness (QED) is 0.465. The fourth-order valence-electron chi connectivity index (χ4n) is 2.37. The molecule has 0 aliphatic carbocycles. The summed E-state index contributed by atoms with van der Waals surface area (Å²) in [5, 5.41) is 8.78. The van der Waals surface area contributed by atoms with E-state index in [4.69, 9.17) is 15.6 Å². The van der Waals surface area contributed by atoms with Crippen molar-refractivity contribution >= 4 is 5.97 Å². The van der Waals surface area contributed by atoms with E-state index in [2.05, 4.69) is 13.8 Å². The molecular formula is C14H29NO3. The van der Waals surface area contributed by atoms with Gasteiger partial charge in [0.15, 0.2) is 0 Å². The largest absolute Gasteiger partial charge is 0.466 e. The predicted octanol–water partition coefficient (Wildman–Crippen LogP) is 2.09. The number of hydrogen-bond acceptors (Lipinski definition) is 4. The van der Waals surface area contributed by atoms with E-state index in [9.17, 15) is 4.79 Å². The summed E-state index contributed by atoms with van der Waals surface area (Å²) in [5.41, 5.74) is 5.31. The number of aliphatic hydroxyl groups is 1. The first kappa shape index (κ1) is 17.4. The van der Waals surface area contributed by atoms with Gasteiger partial charge in [0.05, 0.1) is 12.0 Å². The lowest BCUT2D eigenvalue weighted by atomic mass is 9.76. The molecule has 0 aromatic carbocycles. The highest BCUT2D eigenvalue weighted by Gasteiger charge is 2.38. The van der Waals surface area contributed by atoms with Gasteiger partial charge in [-0.2, -0.15) is 0 Å². The van der Waals surface area contributed by atoms with Gasteiger partial charge in [-0.05, 0) is 32.1 Å². The predicted molar refractivity (Wildman–Crippen MR) is 73.1 cm³/mol. The summed E-state index contributed by atoms with van der Waals surface area (Å²) in [6.45, 7) is 6.95. The third-order valence-electron chi connectivity index (χ3n) is 3.21. The Labute approximate surface area is 111 Å². The summed E-state index contributed by atoms with van der Waals surface area (Å²) in [6, 6.07) is 0. The van der Waals surface area contributed by atoms with E-state index in [0.717, 1.165) is 32.1 Å². The molecule has 0 aromatic rings. The first-order chi connectivity index (χ1) is 8.52. The van der Waals surface area contributed by atoms with Crippen LogP contribution in [0.25, 0.3) is 0 Å². The molecule has 0 aliphatic heterocycles. The van der Waals surface area contributed by atoms with Crippen molar-refractivity contribution in [3.8, 4) is 0 Å². The fourth-order valence-corrected chi connectivity index (χ4v) is 2.37. The number of aliphatic hydroxyl groups excluding tert-OH is 1. The Morgan fingerprint density at radius 3 is 2.44 bits per heavy atom. The molecule has 0 radical (unpaired) electrons. The minimum atomic E-state index is -0.542. The van der Waals surface area contributed by atoms with Gasteiger partial charge in [-0.15, -0.1) is 0 Å². The van der Waals surface area contributed by atoms with Gasteiger partial charge in [-0.1, -0.05) is 26.7 Å². The maximum Gasteiger partial charge on any atom is 0.313 e. The van der Waals surface area contributed by atoms with Crippen molar-refractivity contribution in [3.05, 3.63) is 0 Å². The number of hydrogen-bond donors (Lipinski definition) is 2. The highest BCUT2D eigenvalue weighted by molar-refractivity contribution is 5.77. The molecule has 0 spiro atoms. The van der Waals surface area contributed by atoms with Crippen LogP contribution in [-0.4, -0.2) is 30.8 Å². The number of esters is 1. The van der Waals surface area contributed by atoms with E-state index in [1.807, 2.05) is 6.92 Å². The molecule has 0 saturated heterocycles. The number of carbonyl (C=O) groups excluding carboxylic acids is 1. The van der Waals surface area contributed by atoms with Crippen molar-refractivity contribution in [2.24, 2.45) is 17.1 Å². The molecule has 0 rings (SSSR count). The van der Waals surface area contributed by atoms with Gasteiger partial charge in [0.2, 0.25) is 0 Å². The van der Waals surface area contributed by atoms with E-state index in [1.54, 1.807) is 0 Å². The van der Waals surface area contributed by atoms with E-state index in [1.165, 1.54) is 0 Å². The molecule has 4 heteroatoms. The van der Waals surface area contributed by atoms with Gasteiger partial charge < -0.3 is 15.6 Å². The van der Waals surface area contributed by atoms with Crippen LogP contribution in [0.1, 0.15) is 52.9 Å². The molecule has 18 heavy (non-hydrogen) atoms. The van der Waals surface area contributed by atoms with Crippen LogP contribution in [0.15, 0.2) is 0 Å². The molecule has 0 fully saturated rings. The molecule has 1 unspecified atom stereocenters. The van der Waals surface area contributed by atoms with E-state index in [0.29, 0.717) is 19.1 Å². The zero-order valence-electron chi connectivity index (χ0n) is 12.1. The van der Waals surface area contributed by atoms with Crippen LogP contribution >= 0.6 is 0 Å². The van der Waals surface area contributed by atoms with Crippen molar-refractivity contribution in [2.75, 3.05) is 19.8 Å². The summed E-state index contributed by atoms with van der Waals surface area (Å²) >= 11 is 0. The van der Waals surface area contributed by atoms with Crippen LogP contribution in [0.2, 0.25) is 0 Å². The van der Waals surface area contributed by atoms with Crippen LogP contribution < -0.4 is 5.73 Å². The minimum Gasteiger partial charge on any atom is -0.466 e. The Hall–Kier alpha value is -0.610. The van der Waals surface area contributed by atoms with Gasteiger partial charge >= 0.3 is 5.97 Å². The second kappa shape index (κ2) is 9.34. The second-order valence-electron chi connectivity index (χ2n) is 5.34. The monoisotopic (exact) mass is 259 g/mol. The van der Waals surface area contributed by atoms with Gasteiger partial charge in [0.25, 0.3) is 0 Å². The lowest BCUT2D eigenvalue weighted by molar-refractivity contribution is -0.156. The van der Waals surface area contributed by atoms with Gasteiger partial charge in [-0.3, -0.25) is 4.79 Å². The Kier molecular flexibility index (Phi) is 9.02. The van der Waals surface area contributed by atoms with Crippen molar-refractivity contribution in [2.45, 2.75) is 52.9 Å². The average molecular weight is 259 g/mol. The maximum atomic E-state index is 12.1. The number of rotatable bonds is 10. The van der Waals surface area contributed by atoms with Crippen LogP contribution in [0, 0.1) is 11.3 Å². The molecule has 4 nitrogen and oxygen atoms in total. The Balaban J connectivity index is 4.59. The van der Waals surface area contributed by atoms with Crippen molar-refractivity contribution < 1.29 is 14.6 Å². The lowest BCUT2D eigenvalue weighted by Gasteiger charge is -2.31. The van der Waals surface area contributed by atoms with E-state index < -0.39 is 5.41 Å². The second-order valence-corrected chi connectivity index (χ2v) is 5.34. The molecule has 0 aromatic heterocycles. The molecule has 3 N–H and O–H groups in total. The van der Waals surface area contributed by atoms with Crippen molar-refractivity contribution in [1.82, 2.24) is 0 Å². The number of nitrogens with two attached hydrogens (primary N) is 1. The van der Waals surface area contributed by atoms with Crippen molar-refractivity contribution in [1.29, 1.82) is 0 Å². The van der Waals surface area contributed by atoms with Gasteiger partial charge in [0, 0.05) is 13.2 Å². The van der Waals surface area contributed by atoms with Crippen LogP contribution in [0.3, 0.4) is 0 Å². The van der Waals surface area contributed by atoms with Crippen molar-refractivity contribution in [3.63, 3.8) is 0 Å². The first-order valence-corrected chi connectivity index (χ1v) is 7.00. The number of ether oxygens (including phenoxy) is 1. The third kappa shape index (κ3) is 5.83. The molecule has 0 heterocycles. The summed E-state index contributed by atoms with van der Waals surface area (Å²) < 4.78 is 5.19. The Bertz CT molecular complexity index is 231. The zero-order valence-corrected chi connectivity index (χ0v) is 12.1. The molecule has 0 saturated carbocycles. The Morgan fingerprint density at radius 1 is 1.33 bits per heavy atom. The van der Waals surface area contributed by atoms with Crippen LogP contribution in [0.4, 0.5) is 0 Å². The lowest BCUT2D eigenvalue weighted by Crippen LogP contribution is -2.41. The average Bonchev–Trinajstić information content (AvgIpc) is 2.33. The normalized spacial score (nSPS) is 14.6. The van der Waals surface area contributed by atoms with Gasteiger partial charge in [-0.25, -0.2) is 0 Å². The summed E-state index contributed by atoms with van der Waals surface area (Å²) in [6.07, 6.45) is 4.13. The van der Waals surface area contributed by atoms with E-state index in [-0.39, 0.29) is 12.6 Å². The Morgan fingerprint density at radius 2 is 2.00 bits per heavy atom. The number of unbranched alkanes of at least 4 members (excludes halogenated alkanes) is 2. The smallest absolute Gasteiger partial charge is 0.313 e. The maximum absolute atomic E-state index is 12.1. The standard InChI is InChI=1S/C14H29NO3/c1-4-18-13(17)14(11-15,10-12(2)3)8-6-5-7-9-16/h12,16H,4-11,15H2,1-3H3.